The van der Waals surface area contributed by atoms with Crippen molar-refractivity contribution in [3.05, 3.63) is 48.2 Å². The molecule has 0 spiro atoms. The van der Waals surface area contributed by atoms with Gasteiger partial charge in [0.2, 0.25) is 5.88 Å². The zero-order valence-corrected chi connectivity index (χ0v) is 13.9. The Kier molecular flexibility index (Phi) is 4.84. The third kappa shape index (κ3) is 3.42. The van der Waals surface area contributed by atoms with Gasteiger partial charge in [-0.2, -0.15) is 0 Å². The number of methoxy groups -OCH3 is 2. The summed E-state index contributed by atoms with van der Waals surface area (Å²) >= 11 is 0. The molecule has 3 rings (SSSR count). The number of aromatic nitrogens is 1. The minimum atomic E-state index is -0.111. The highest BCUT2D eigenvalue weighted by Gasteiger charge is 2.30. The van der Waals surface area contributed by atoms with Crippen LogP contribution < -0.4 is 14.8 Å². The highest BCUT2D eigenvalue weighted by molar-refractivity contribution is 5.89. The summed E-state index contributed by atoms with van der Waals surface area (Å²) in [5.41, 5.74) is 1.78. The Morgan fingerprint density at radius 3 is 2.58 bits per heavy atom. The molecule has 2 aromatic rings. The van der Waals surface area contributed by atoms with Crippen molar-refractivity contribution >= 4 is 11.7 Å². The predicted octanol–water partition coefficient (Wildman–Crippen LogP) is 3.47. The number of nitrogens with one attached hydrogen (secondary N) is 1. The van der Waals surface area contributed by atoms with Gasteiger partial charge in [-0.15, -0.1) is 0 Å². The molecule has 126 valence electrons. The van der Waals surface area contributed by atoms with Gasteiger partial charge in [0.25, 0.3) is 0 Å². The second kappa shape index (κ2) is 7.21. The smallest absolute Gasteiger partial charge is 0.322 e. The molecule has 0 radical (unpaired) electrons. The number of rotatable bonds is 4. The number of amides is 2. The first-order valence-electron chi connectivity index (χ1n) is 7.93. The maximum absolute atomic E-state index is 12.6. The molecule has 6 heteroatoms. The molecule has 0 saturated carbocycles. The maximum atomic E-state index is 12.6. The monoisotopic (exact) mass is 327 g/mol. The number of pyridine rings is 1. The first-order chi connectivity index (χ1) is 11.7. The SMILES string of the molecule is COc1ccc([C@H]2CCCN2C(=O)Nc2ccc(OC)nc2)cc1. The van der Waals surface area contributed by atoms with Crippen LogP contribution in [0.3, 0.4) is 0 Å². The van der Waals surface area contributed by atoms with Crippen LogP contribution in [-0.2, 0) is 0 Å². The van der Waals surface area contributed by atoms with E-state index in [0.29, 0.717) is 11.6 Å². The molecule has 0 aliphatic carbocycles. The van der Waals surface area contributed by atoms with Crippen molar-refractivity contribution in [2.75, 3.05) is 26.1 Å². The standard InChI is InChI=1S/C18H21N3O3/c1-23-15-8-5-13(6-9-15)16-4-3-11-21(16)18(22)20-14-7-10-17(24-2)19-12-14/h5-10,12,16H,3-4,11H2,1-2H3,(H,20,22)/t16-/m1/s1. The molecule has 0 unspecified atom stereocenters. The van der Waals surface area contributed by atoms with Crippen molar-refractivity contribution in [3.63, 3.8) is 0 Å². The molecule has 0 bridgehead atoms. The second-order valence-corrected chi connectivity index (χ2v) is 5.64. The van der Waals surface area contributed by atoms with Gasteiger partial charge in [0.05, 0.1) is 32.1 Å². The molecule has 1 aliphatic heterocycles. The Bertz CT molecular complexity index is 686. The Balaban J connectivity index is 1.70. The number of carbonyl (C=O) groups excluding carboxylic acids is 1. The summed E-state index contributed by atoms with van der Waals surface area (Å²) in [5.74, 6) is 1.34. The van der Waals surface area contributed by atoms with Crippen LogP contribution in [0.25, 0.3) is 0 Å². The van der Waals surface area contributed by atoms with Gasteiger partial charge >= 0.3 is 6.03 Å². The molecule has 1 aromatic heterocycles. The van der Waals surface area contributed by atoms with Crippen molar-refractivity contribution in [3.8, 4) is 11.6 Å². The Morgan fingerprint density at radius 1 is 1.17 bits per heavy atom. The lowest BCUT2D eigenvalue weighted by Gasteiger charge is -2.25. The highest BCUT2D eigenvalue weighted by atomic mass is 16.5. The van der Waals surface area contributed by atoms with Gasteiger partial charge in [0.1, 0.15) is 5.75 Å². The Labute approximate surface area is 141 Å². The number of hydrogen-bond donors (Lipinski definition) is 1. The number of carbonyl (C=O) groups is 1. The summed E-state index contributed by atoms with van der Waals surface area (Å²) in [6.45, 7) is 0.742. The van der Waals surface area contributed by atoms with Crippen LogP contribution in [0, 0.1) is 0 Å². The van der Waals surface area contributed by atoms with E-state index < -0.39 is 0 Å². The van der Waals surface area contributed by atoms with Crippen LogP contribution in [0.2, 0.25) is 0 Å². The minimum absolute atomic E-state index is 0.0853. The van der Waals surface area contributed by atoms with Crippen LogP contribution in [0.1, 0.15) is 24.4 Å². The second-order valence-electron chi connectivity index (χ2n) is 5.64. The van der Waals surface area contributed by atoms with Crippen LogP contribution in [0.4, 0.5) is 10.5 Å². The number of anilines is 1. The first-order valence-corrected chi connectivity index (χ1v) is 7.93. The molecule has 24 heavy (non-hydrogen) atoms. The minimum Gasteiger partial charge on any atom is -0.497 e. The van der Waals surface area contributed by atoms with E-state index in [1.165, 1.54) is 0 Å². The van der Waals surface area contributed by atoms with E-state index in [1.54, 1.807) is 32.5 Å². The summed E-state index contributed by atoms with van der Waals surface area (Å²) in [6.07, 6.45) is 3.54. The van der Waals surface area contributed by atoms with Gasteiger partial charge in [-0.05, 0) is 36.6 Å². The molecule has 1 fully saturated rings. The van der Waals surface area contributed by atoms with E-state index >= 15 is 0 Å². The van der Waals surface area contributed by atoms with Crippen LogP contribution >= 0.6 is 0 Å². The van der Waals surface area contributed by atoms with Crippen LogP contribution in [-0.4, -0.2) is 36.7 Å². The van der Waals surface area contributed by atoms with E-state index in [9.17, 15) is 4.79 Å². The molecule has 2 amide bonds. The fraction of sp³-hybridized carbons (Fsp3) is 0.333. The van der Waals surface area contributed by atoms with Gasteiger partial charge in [-0.25, -0.2) is 9.78 Å². The third-order valence-corrected chi connectivity index (χ3v) is 4.21. The number of nitrogens with zero attached hydrogens (tertiary/aromatic N) is 2. The molecular weight excluding hydrogens is 306 g/mol. The van der Waals surface area contributed by atoms with Crippen molar-refractivity contribution in [2.45, 2.75) is 18.9 Å². The largest absolute Gasteiger partial charge is 0.497 e. The fourth-order valence-corrected chi connectivity index (χ4v) is 2.95. The van der Waals surface area contributed by atoms with E-state index in [1.807, 2.05) is 29.2 Å². The third-order valence-electron chi connectivity index (χ3n) is 4.21. The number of hydrogen-bond acceptors (Lipinski definition) is 4. The van der Waals surface area contributed by atoms with Crippen LogP contribution in [0.15, 0.2) is 42.6 Å². The topological polar surface area (TPSA) is 63.7 Å². The normalized spacial score (nSPS) is 16.8. The summed E-state index contributed by atoms with van der Waals surface area (Å²) in [6, 6.07) is 11.4. The number of likely N-dealkylation sites (tertiary alicyclic amines) is 1. The van der Waals surface area contributed by atoms with Crippen molar-refractivity contribution in [1.82, 2.24) is 9.88 Å². The average molecular weight is 327 g/mol. The maximum Gasteiger partial charge on any atom is 0.322 e. The van der Waals surface area contributed by atoms with Crippen molar-refractivity contribution in [1.29, 1.82) is 0 Å². The number of ether oxygens (including phenoxy) is 2. The van der Waals surface area contributed by atoms with E-state index in [2.05, 4.69) is 10.3 Å². The summed E-state index contributed by atoms with van der Waals surface area (Å²) in [4.78, 5) is 18.6. The summed E-state index contributed by atoms with van der Waals surface area (Å²) in [7, 11) is 3.21. The lowest BCUT2D eigenvalue weighted by molar-refractivity contribution is 0.207. The zero-order chi connectivity index (χ0) is 16.9. The van der Waals surface area contributed by atoms with Crippen molar-refractivity contribution in [2.24, 2.45) is 0 Å². The van der Waals surface area contributed by atoms with E-state index in [4.69, 9.17) is 9.47 Å². The van der Waals surface area contributed by atoms with Gasteiger partial charge in [0.15, 0.2) is 0 Å². The fourth-order valence-electron chi connectivity index (χ4n) is 2.95. The van der Waals surface area contributed by atoms with Gasteiger partial charge in [-0.1, -0.05) is 12.1 Å². The molecule has 1 N–H and O–H groups in total. The molecular formula is C18H21N3O3. The lowest BCUT2D eigenvalue weighted by Crippen LogP contribution is -2.34. The zero-order valence-electron chi connectivity index (χ0n) is 13.9. The predicted molar refractivity (Wildman–Crippen MR) is 91.5 cm³/mol. The molecule has 1 atom stereocenters. The Morgan fingerprint density at radius 2 is 1.96 bits per heavy atom. The lowest BCUT2D eigenvalue weighted by atomic mass is 10.0. The average Bonchev–Trinajstić information content (AvgIpc) is 3.12. The Hall–Kier alpha value is -2.76. The van der Waals surface area contributed by atoms with Gasteiger partial charge in [-0.3, -0.25) is 0 Å². The highest BCUT2D eigenvalue weighted by Crippen LogP contribution is 2.33. The molecule has 1 aromatic carbocycles. The van der Waals surface area contributed by atoms with Crippen LogP contribution in [0.5, 0.6) is 11.6 Å². The first kappa shape index (κ1) is 16.1. The number of urea groups is 1. The molecule has 2 heterocycles. The van der Waals surface area contributed by atoms with Gasteiger partial charge in [0, 0.05) is 12.6 Å². The van der Waals surface area contributed by atoms with E-state index in [-0.39, 0.29) is 12.1 Å². The van der Waals surface area contributed by atoms with Crippen molar-refractivity contribution < 1.29 is 14.3 Å². The van der Waals surface area contributed by atoms with E-state index in [0.717, 1.165) is 30.7 Å². The summed E-state index contributed by atoms with van der Waals surface area (Å²) < 4.78 is 10.2. The van der Waals surface area contributed by atoms with Gasteiger partial charge < -0.3 is 19.7 Å². The molecule has 1 saturated heterocycles. The molecule has 1 aliphatic rings. The number of benzene rings is 1. The molecule has 6 nitrogen and oxygen atoms in total. The summed E-state index contributed by atoms with van der Waals surface area (Å²) in [5, 5.41) is 2.90. The quantitative estimate of drug-likeness (QED) is 0.934.